The number of benzene rings is 1. The van der Waals surface area contributed by atoms with Crippen molar-refractivity contribution in [1.29, 1.82) is 5.41 Å². The van der Waals surface area contributed by atoms with Crippen molar-refractivity contribution in [2.45, 2.75) is 38.8 Å². The van der Waals surface area contributed by atoms with Gasteiger partial charge in [0.15, 0.2) is 0 Å². The maximum Gasteiger partial charge on any atom is 0.0918 e. The van der Waals surface area contributed by atoms with E-state index < -0.39 is 0 Å². The second-order valence-corrected chi connectivity index (χ2v) is 5.48. The maximum atomic E-state index is 7.32. The minimum atomic E-state index is 0.260. The molecule has 1 saturated carbocycles. The van der Waals surface area contributed by atoms with Gasteiger partial charge in [-0.1, -0.05) is 23.7 Å². The van der Waals surface area contributed by atoms with E-state index >= 15 is 0 Å². The van der Waals surface area contributed by atoms with E-state index in [1.807, 2.05) is 13.0 Å². The number of nitrogens with two attached hydrogens (primary N) is 1. The highest BCUT2D eigenvalue weighted by atomic mass is 35.5. The molecule has 4 heteroatoms. The van der Waals surface area contributed by atoms with Gasteiger partial charge in [-0.15, -0.1) is 0 Å². The van der Waals surface area contributed by atoms with Crippen LogP contribution in [0.2, 0.25) is 5.02 Å². The van der Waals surface area contributed by atoms with Crippen LogP contribution in [-0.2, 0) is 6.54 Å². The predicted octanol–water partition coefficient (Wildman–Crippen LogP) is 2.94. The van der Waals surface area contributed by atoms with Crippen molar-refractivity contribution in [2.24, 2.45) is 5.73 Å². The van der Waals surface area contributed by atoms with Gasteiger partial charge in [-0.05, 0) is 37.0 Å². The molecule has 0 aliphatic heterocycles. The lowest BCUT2D eigenvalue weighted by atomic mass is 10.1. The summed E-state index contributed by atoms with van der Waals surface area (Å²) in [5, 5.41) is 8.16. The smallest absolute Gasteiger partial charge is 0.0918 e. The number of nitrogens with one attached hydrogen (secondary N) is 1. The van der Waals surface area contributed by atoms with Gasteiger partial charge in [0.05, 0.1) is 5.84 Å². The third-order valence-corrected chi connectivity index (χ3v) is 3.67. The fraction of sp³-hybridized carbons (Fsp3) is 0.500. The molecular formula is C14H20ClN3. The van der Waals surface area contributed by atoms with Gasteiger partial charge in [-0.2, -0.15) is 0 Å². The van der Waals surface area contributed by atoms with Crippen LogP contribution in [0.5, 0.6) is 0 Å². The molecule has 0 bridgehead atoms. The topological polar surface area (TPSA) is 53.1 Å². The number of rotatable bonds is 6. The summed E-state index contributed by atoms with van der Waals surface area (Å²) in [6, 6.07) is 6.85. The first-order valence-electron chi connectivity index (χ1n) is 6.38. The molecule has 1 aliphatic carbocycles. The Balaban J connectivity index is 2.01. The molecule has 0 unspecified atom stereocenters. The fourth-order valence-corrected chi connectivity index (χ4v) is 2.39. The second-order valence-electron chi connectivity index (χ2n) is 5.07. The molecule has 1 fully saturated rings. The molecule has 1 aliphatic rings. The number of halogens is 1. The highest BCUT2D eigenvalue weighted by Crippen LogP contribution is 2.30. The Labute approximate surface area is 113 Å². The van der Waals surface area contributed by atoms with E-state index in [1.165, 1.54) is 18.4 Å². The minimum absolute atomic E-state index is 0.260. The largest absolute Gasteiger partial charge is 0.388 e. The first-order valence-corrected chi connectivity index (χ1v) is 6.76. The first-order chi connectivity index (χ1) is 8.56. The third kappa shape index (κ3) is 3.72. The molecule has 98 valence electrons. The van der Waals surface area contributed by atoms with Crippen LogP contribution < -0.4 is 5.73 Å². The van der Waals surface area contributed by atoms with Crippen LogP contribution in [0, 0.1) is 12.3 Å². The summed E-state index contributed by atoms with van der Waals surface area (Å²) in [6.07, 6.45) is 3.14. The zero-order valence-electron chi connectivity index (χ0n) is 10.7. The molecule has 3 N–H and O–H groups in total. The molecule has 0 heterocycles. The predicted molar refractivity (Wildman–Crippen MR) is 76.2 cm³/mol. The van der Waals surface area contributed by atoms with Gasteiger partial charge in [0.25, 0.3) is 0 Å². The minimum Gasteiger partial charge on any atom is -0.388 e. The molecule has 0 aromatic heterocycles. The van der Waals surface area contributed by atoms with Crippen LogP contribution >= 0.6 is 11.6 Å². The van der Waals surface area contributed by atoms with E-state index in [1.54, 1.807) is 0 Å². The number of aryl methyl sites for hydroxylation is 1. The molecular weight excluding hydrogens is 246 g/mol. The SMILES string of the molecule is Cc1ccc(CN(CCC(=N)N)C2CC2)c(Cl)c1. The van der Waals surface area contributed by atoms with Gasteiger partial charge in [-0.25, -0.2) is 0 Å². The van der Waals surface area contributed by atoms with Crippen LogP contribution in [0.25, 0.3) is 0 Å². The summed E-state index contributed by atoms with van der Waals surface area (Å²) in [6.45, 7) is 3.76. The quantitative estimate of drug-likeness (QED) is 0.614. The highest BCUT2D eigenvalue weighted by Gasteiger charge is 2.28. The van der Waals surface area contributed by atoms with Crippen molar-refractivity contribution in [1.82, 2.24) is 4.90 Å². The van der Waals surface area contributed by atoms with Crippen LogP contribution in [0.15, 0.2) is 18.2 Å². The summed E-state index contributed by atoms with van der Waals surface area (Å²) >= 11 is 6.27. The lowest BCUT2D eigenvalue weighted by Gasteiger charge is -2.22. The molecule has 0 spiro atoms. The van der Waals surface area contributed by atoms with Gasteiger partial charge >= 0.3 is 0 Å². The zero-order chi connectivity index (χ0) is 13.1. The van der Waals surface area contributed by atoms with Crippen LogP contribution in [0.4, 0.5) is 0 Å². The molecule has 0 atom stereocenters. The Bertz CT molecular complexity index is 441. The average molecular weight is 266 g/mol. The summed E-state index contributed by atoms with van der Waals surface area (Å²) in [5.41, 5.74) is 7.79. The second kappa shape index (κ2) is 5.72. The van der Waals surface area contributed by atoms with Gasteiger partial charge in [0.1, 0.15) is 0 Å². The zero-order valence-corrected chi connectivity index (χ0v) is 11.5. The van der Waals surface area contributed by atoms with E-state index in [0.717, 1.165) is 23.7 Å². The number of hydrogen-bond acceptors (Lipinski definition) is 2. The van der Waals surface area contributed by atoms with Crippen LogP contribution in [-0.4, -0.2) is 23.3 Å². The highest BCUT2D eigenvalue weighted by molar-refractivity contribution is 6.31. The molecule has 18 heavy (non-hydrogen) atoms. The van der Waals surface area contributed by atoms with Crippen molar-refractivity contribution >= 4 is 17.4 Å². The van der Waals surface area contributed by atoms with Crippen molar-refractivity contribution in [3.05, 3.63) is 34.3 Å². The number of hydrogen-bond donors (Lipinski definition) is 2. The summed E-state index contributed by atoms with van der Waals surface area (Å²) in [5.74, 6) is 0.260. The summed E-state index contributed by atoms with van der Waals surface area (Å²) in [4.78, 5) is 2.39. The van der Waals surface area contributed by atoms with Gasteiger partial charge in [-0.3, -0.25) is 10.3 Å². The Morgan fingerprint density at radius 3 is 2.78 bits per heavy atom. The van der Waals surface area contributed by atoms with Crippen molar-refractivity contribution in [3.8, 4) is 0 Å². The molecule has 1 aromatic carbocycles. The van der Waals surface area contributed by atoms with E-state index in [-0.39, 0.29) is 5.84 Å². The molecule has 3 nitrogen and oxygen atoms in total. The van der Waals surface area contributed by atoms with Crippen LogP contribution in [0.3, 0.4) is 0 Å². The Kier molecular flexibility index (Phi) is 4.25. The normalized spacial score (nSPS) is 15.1. The number of amidine groups is 1. The Hall–Kier alpha value is -1.06. The summed E-state index contributed by atoms with van der Waals surface area (Å²) < 4.78 is 0. The summed E-state index contributed by atoms with van der Waals surface area (Å²) in [7, 11) is 0. The van der Waals surface area contributed by atoms with Crippen molar-refractivity contribution in [3.63, 3.8) is 0 Å². The molecule has 0 radical (unpaired) electrons. The average Bonchev–Trinajstić information content (AvgIpc) is 3.10. The number of nitrogens with zero attached hydrogens (tertiary/aromatic N) is 1. The Morgan fingerprint density at radius 1 is 1.50 bits per heavy atom. The van der Waals surface area contributed by atoms with E-state index in [0.29, 0.717) is 12.5 Å². The first kappa shape index (κ1) is 13.4. The van der Waals surface area contributed by atoms with E-state index in [2.05, 4.69) is 17.0 Å². The monoisotopic (exact) mass is 265 g/mol. The Morgan fingerprint density at radius 2 is 2.22 bits per heavy atom. The van der Waals surface area contributed by atoms with Crippen molar-refractivity contribution < 1.29 is 0 Å². The maximum absolute atomic E-state index is 7.32. The van der Waals surface area contributed by atoms with E-state index in [9.17, 15) is 0 Å². The molecule has 0 saturated heterocycles. The van der Waals surface area contributed by atoms with E-state index in [4.69, 9.17) is 22.7 Å². The standard InChI is InChI=1S/C14H20ClN3/c1-10-2-3-11(13(15)8-10)9-18(12-4-5-12)7-6-14(16)17/h2-3,8,12H,4-7,9H2,1H3,(H3,16,17). The van der Waals surface area contributed by atoms with Gasteiger partial charge in [0.2, 0.25) is 0 Å². The van der Waals surface area contributed by atoms with Gasteiger partial charge < -0.3 is 5.73 Å². The lowest BCUT2D eigenvalue weighted by Crippen LogP contribution is -2.29. The van der Waals surface area contributed by atoms with Gasteiger partial charge in [0, 0.05) is 30.6 Å². The van der Waals surface area contributed by atoms with Crippen LogP contribution in [0.1, 0.15) is 30.4 Å². The fourth-order valence-electron chi connectivity index (χ4n) is 2.09. The lowest BCUT2D eigenvalue weighted by molar-refractivity contribution is 0.262. The third-order valence-electron chi connectivity index (χ3n) is 3.31. The molecule has 0 amide bonds. The molecule has 1 aromatic rings. The van der Waals surface area contributed by atoms with Crippen molar-refractivity contribution in [2.75, 3.05) is 6.54 Å². The molecule has 2 rings (SSSR count).